The van der Waals surface area contributed by atoms with Crippen LogP contribution >= 0.6 is 23.4 Å². The molecule has 0 radical (unpaired) electrons. The highest BCUT2D eigenvalue weighted by atomic mass is 35.5. The van der Waals surface area contributed by atoms with E-state index in [4.69, 9.17) is 16.7 Å². The van der Waals surface area contributed by atoms with Gasteiger partial charge in [0.05, 0.1) is 6.04 Å². The Morgan fingerprint density at radius 1 is 1.26 bits per heavy atom. The van der Waals surface area contributed by atoms with Crippen molar-refractivity contribution in [1.82, 2.24) is 0 Å². The average molecular weight is 349 g/mol. The lowest BCUT2D eigenvalue weighted by molar-refractivity contribution is -0.118. The maximum Gasteiger partial charge on any atom is 0.250 e. The zero-order valence-corrected chi connectivity index (χ0v) is 14.0. The van der Waals surface area contributed by atoms with E-state index in [9.17, 15) is 4.79 Å². The van der Waals surface area contributed by atoms with Crippen LogP contribution in [0.15, 0.2) is 47.4 Å². The second-order valence-electron chi connectivity index (χ2n) is 5.30. The van der Waals surface area contributed by atoms with Crippen LogP contribution < -0.4 is 10.6 Å². The summed E-state index contributed by atoms with van der Waals surface area (Å²) < 4.78 is 0. The third-order valence-electron chi connectivity index (χ3n) is 3.64. The fraction of sp³-hybridized carbons (Fsp3) is 0.235. The highest BCUT2D eigenvalue weighted by molar-refractivity contribution is 7.99. The van der Waals surface area contributed by atoms with Crippen molar-refractivity contribution in [2.45, 2.75) is 17.4 Å². The first-order valence-electron chi connectivity index (χ1n) is 7.35. The number of aliphatic hydroxyl groups is 1. The minimum absolute atomic E-state index is 0.189. The normalized spacial score (nSPS) is 16.5. The fourth-order valence-corrected chi connectivity index (χ4v) is 3.89. The van der Waals surface area contributed by atoms with Crippen molar-refractivity contribution in [3.63, 3.8) is 0 Å². The fourth-order valence-electron chi connectivity index (χ4n) is 2.60. The first-order valence-corrected chi connectivity index (χ1v) is 8.71. The Labute approximate surface area is 144 Å². The number of hydrogen-bond donors (Lipinski definition) is 3. The summed E-state index contributed by atoms with van der Waals surface area (Å²) in [5.74, 6) is 0.626. The number of carbonyl (C=O) groups excluding carboxylic acids is 1. The summed E-state index contributed by atoms with van der Waals surface area (Å²) in [7, 11) is 0. The van der Waals surface area contributed by atoms with Crippen molar-refractivity contribution in [2.24, 2.45) is 0 Å². The van der Waals surface area contributed by atoms with Gasteiger partial charge in [0.1, 0.15) is 6.61 Å². The number of nitrogens with one attached hydrogen (secondary N) is 2. The molecule has 1 aliphatic heterocycles. The van der Waals surface area contributed by atoms with E-state index in [1.54, 1.807) is 6.07 Å². The Hall–Kier alpha value is -1.69. The zero-order chi connectivity index (χ0) is 16.2. The van der Waals surface area contributed by atoms with Crippen LogP contribution in [0.5, 0.6) is 0 Å². The first-order chi connectivity index (χ1) is 11.2. The Balaban J connectivity index is 1.79. The molecule has 3 rings (SSSR count). The zero-order valence-electron chi connectivity index (χ0n) is 12.4. The molecule has 1 heterocycles. The molecule has 0 bridgehead atoms. The molecule has 0 aromatic heterocycles. The maximum absolute atomic E-state index is 11.3. The number of amides is 1. The van der Waals surface area contributed by atoms with Crippen LogP contribution in [0.2, 0.25) is 5.02 Å². The molecule has 1 atom stereocenters. The van der Waals surface area contributed by atoms with Gasteiger partial charge in [0.2, 0.25) is 5.91 Å². The van der Waals surface area contributed by atoms with Crippen LogP contribution in [-0.4, -0.2) is 23.4 Å². The highest BCUT2D eigenvalue weighted by Crippen LogP contribution is 2.39. The van der Waals surface area contributed by atoms with E-state index in [0.29, 0.717) is 5.69 Å². The van der Waals surface area contributed by atoms with Crippen LogP contribution in [0.25, 0.3) is 0 Å². The maximum atomic E-state index is 11.3. The third-order valence-corrected chi connectivity index (χ3v) is 5.00. The number of aliphatic hydroxyl groups excluding tert-OH is 1. The summed E-state index contributed by atoms with van der Waals surface area (Å²) in [5, 5.41) is 15.7. The van der Waals surface area contributed by atoms with Gasteiger partial charge >= 0.3 is 0 Å². The summed E-state index contributed by atoms with van der Waals surface area (Å²) in [4.78, 5) is 12.5. The number of thioether (sulfide) groups is 1. The predicted octanol–water partition coefficient (Wildman–Crippen LogP) is 3.92. The molecule has 1 aliphatic rings. The van der Waals surface area contributed by atoms with E-state index < -0.39 is 12.5 Å². The lowest BCUT2D eigenvalue weighted by atomic mass is 10.0. The predicted molar refractivity (Wildman–Crippen MR) is 95.3 cm³/mol. The Bertz CT molecular complexity index is 723. The van der Waals surface area contributed by atoms with Gasteiger partial charge in [0, 0.05) is 27.0 Å². The summed E-state index contributed by atoms with van der Waals surface area (Å²) in [6.07, 6.45) is 1.01. The number of anilines is 2. The van der Waals surface area contributed by atoms with Crippen molar-refractivity contribution >= 4 is 40.6 Å². The smallest absolute Gasteiger partial charge is 0.250 e. The average Bonchev–Trinajstić information content (AvgIpc) is 2.55. The van der Waals surface area contributed by atoms with Gasteiger partial charge < -0.3 is 15.7 Å². The summed E-state index contributed by atoms with van der Waals surface area (Å²) in [6.45, 7) is -0.524. The number of halogens is 1. The number of rotatable bonds is 4. The molecular weight excluding hydrogens is 332 g/mol. The molecule has 2 aromatic rings. The Kier molecular flexibility index (Phi) is 5.10. The molecule has 0 spiro atoms. The molecule has 0 saturated carbocycles. The topological polar surface area (TPSA) is 61.4 Å². The molecule has 6 heteroatoms. The van der Waals surface area contributed by atoms with E-state index in [2.05, 4.69) is 16.7 Å². The molecule has 1 amide bonds. The summed E-state index contributed by atoms with van der Waals surface area (Å²) in [6, 6.07) is 13.7. The van der Waals surface area contributed by atoms with Crippen LogP contribution in [0.1, 0.15) is 18.0 Å². The molecule has 0 saturated heterocycles. The third kappa shape index (κ3) is 3.99. The minimum atomic E-state index is -0.524. The van der Waals surface area contributed by atoms with Gasteiger partial charge in [-0.3, -0.25) is 4.79 Å². The molecule has 2 aromatic carbocycles. The van der Waals surface area contributed by atoms with E-state index >= 15 is 0 Å². The number of hydrogen-bond acceptors (Lipinski definition) is 4. The largest absolute Gasteiger partial charge is 0.387 e. The van der Waals surface area contributed by atoms with Crippen molar-refractivity contribution in [3.05, 3.63) is 53.1 Å². The van der Waals surface area contributed by atoms with E-state index in [-0.39, 0.29) is 6.04 Å². The monoisotopic (exact) mass is 348 g/mol. The molecular formula is C17H17ClN2O2S. The lowest BCUT2D eigenvalue weighted by Crippen LogP contribution is -2.17. The Morgan fingerprint density at radius 3 is 2.91 bits per heavy atom. The standard InChI is InChI=1S/C17H17ClN2O2S/c18-11-4-5-16-14(8-11)15(6-7-23-16)19-12-2-1-3-13(9-12)20-17(22)10-21/h1-5,8-9,15,19,21H,6-7,10H2,(H,20,22). The van der Waals surface area contributed by atoms with Crippen molar-refractivity contribution < 1.29 is 9.90 Å². The van der Waals surface area contributed by atoms with Crippen LogP contribution in [0, 0.1) is 0 Å². The lowest BCUT2D eigenvalue weighted by Gasteiger charge is -2.27. The van der Waals surface area contributed by atoms with Gasteiger partial charge in [-0.2, -0.15) is 0 Å². The minimum Gasteiger partial charge on any atom is -0.387 e. The van der Waals surface area contributed by atoms with E-state index in [1.807, 2.05) is 42.1 Å². The number of carbonyl (C=O) groups is 1. The summed E-state index contributed by atoms with van der Waals surface area (Å²) >= 11 is 7.98. The molecule has 4 nitrogen and oxygen atoms in total. The van der Waals surface area contributed by atoms with Gasteiger partial charge in [-0.1, -0.05) is 17.7 Å². The van der Waals surface area contributed by atoms with Crippen molar-refractivity contribution in [1.29, 1.82) is 0 Å². The van der Waals surface area contributed by atoms with Gasteiger partial charge in [-0.25, -0.2) is 0 Å². The molecule has 0 aliphatic carbocycles. The summed E-state index contributed by atoms with van der Waals surface area (Å²) in [5.41, 5.74) is 2.78. The van der Waals surface area contributed by atoms with Crippen molar-refractivity contribution in [3.8, 4) is 0 Å². The highest BCUT2D eigenvalue weighted by Gasteiger charge is 2.21. The molecule has 23 heavy (non-hydrogen) atoms. The van der Waals surface area contributed by atoms with E-state index in [1.165, 1.54) is 10.5 Å². The van der Waals surface area contributed by atoms with Crippen molar-refractivity contribution in [2.75, 3.05) is 23.0 Å². The quantitative estimate of drug-likeness (QED) is 0.783. The molecule has 0 fully saturated rings. The van der Waals surface area contributed by atoms with E-state index in [0.717, 1.165) is 22.9 Å². The van der Waals surface area contributed by atoms with Gasteiger partial charge in [0.25, 0.3) is 0 Å². The first kappa shape index (κ1) is 16.2. The van der Waals surface area contributed by atoms with Gasteiger partial charge in [-0.15, -0.1) is 11.8 Å². The van der Waals surface area contributed by atoms with Crippen LogP contribution in [0.4, 0.5) is 11.4 Å². The second kappa shape index (κ2) is 7.25. The number of fused-ring (bicyclic) bond motifs is 1. The van der Waals surface area contributed by atoms with Gasteiger partial charge in [-0.05, 0) is 48.4 Å². The van der Waals surface area contributed by atoms with Crippen LogP contribution in [0.3, 0.4) is 0 Å². The molecule has 1 unspecified atom stereocenters. The molecule has 120 valence electrons. The second-order valence-corrected chi connectivity index (χ2v) is 6.88. The van der Waals surface area contributed by atoms with Gasteiger partial charge in [0.15, 0.2) is 0 Å². The Morgan fingerprint density at radius 2 is 2.09 bits per heavy atom. The molecule has 3 N–H and O–H groups in total. The van der Waals surface area contributed by atoms with Crippen LogP contribution in [-0.2, 0) is 4.79 Å². The SMILES string of the molecule is O=C(CO)Nc1cccc(NC2CCSc3ccc(Cl)cc32)c1. The number of benzene rings is 2.